The summed E-state index contributed by atoms with van der Waals surface area (Å²) in [5, 5.41) is 2.27. The molecule has 0 aliphatic rings. The smallest absolute Gasteiger partial charge is 0.267 e. The van der Waals surface area contributed by atoms with Crippen molar-refractivity contribution in [3.8, 4) is 0 Å². The van der Waals surface area contributed by atoms with E-state index >= 15 is 0 Å². The van der Waals surface area contributed by atoms with E-state index in [0.717, 1.165) is 0 Å². The molecule has 2 rings (SSSR count). The zero-order chi connectivity index (χ0) is 14.5. The van der Waals surface area contributed by atoms with Crippen molar-refractivity contribution in [1.29, 1.82) is 0 Å². The van der Waals surface area contributed by atoms with Crippen LogP contribution in [0.1, 0.15) is 38.8 Å². The summed E-state index contributed by atoms with van der Waals surface area (Å²) in [5.41, 5.74) is 11.3. The number of aryl methyl sites for hydroxylation is 1. The Hall–Kier alpha value is -2.35. The molecule has 0 spiro atoms. The predicted molar refractivity (Wildman–Crippen MR) is 74.3 cm³/mol. The molecule has 8 heteroatoms. The van der Waals surface area contributed by atoms with Gasteiger partial charge in [-0.2, -0.15) is 0 Å². The van der Waals surface area contributed by atoms with E-state index in [-0.39, 0.29) is 17.4 Å². The summed E-state index contributed by atoms with van der Waals surface area (Å²) >= 11 is 1.32. The molecule has 0 radical (unpaired) electrons. The standard InChI is InChI=1S/C12H13N5O2S/c13-10(19)8-6-7(16-12(14)17-8)2-1-3-9(18)11-15-4-5-20-11/h4-6H,1-3H2,(H2,13,19)(H2,14,16,17). The number of Topliss-reactive ketones (excluding diaryl/α,β-unsaturated/α-hetero) is 1. The van der Waals surface area contributed by atoms with Crippen LogP contribution in [-0.2, 0) is 6.42 Å². The van der Waals surface area contributed by atoms with Crippen LogP contribution in [0, 0.1) is 0 Å². The molecule has 0 bridgehead atoms. The summed E-state index contributed by atoms with van der Waals surface area (Å²) in [5.74, 6) is -0.654. The van der Waals surface area contributed by atoms with Gasteiger partial charge in [0.1, 0.15) is 5.69 Å². The topological polar surface area (TPSA) is 125 Å². The average molecular weight is 291 g/mol. The average Bonchev–Trinajstić information content (AvgIpc) is 2.91. The van der Waals surface area contributed by atoms with Crippen molar-refractivity contribution in [1.82, 2.24) is 15.0 Å². The number of anilines is 1. The van der Waals surface area contributed by atoms with Crippen molar-refractivity contribution in [2.24, 2.45) is 5.73 Å². The molecule has 0 saturated heterocycles. The third-order valence-electron chi connectivity index (χ3n) is 2.56. The van der Waals surface area contributed by atoms with Gasteiger partial charge >= 0.3 is 0 Å². The Kier molecular flexibility index (Phi) is 4.36. The largest absolute Gasteiger partial charge is 0.368 e. The lowest BCUT2D eigenvalue weighted by molar-refractivity contribution is 0.0975. The minimum absolute atomic E-state index is 0.00236. The van der Waals surface area contributed by atoms with Crippen molar-refractivity contribution in [2.75, 3.05) is 5.73 Å². The predicted octanol–water partition coefficient (Wildman–Crippen LogP) is 0.820. The number of nitrogens with zero attached hydrogens (tertiary/aromatic N) is 3. The second-order valence-electron chi connectivity index (χ2n) is 4.08. The number of amides is 1. The van der Waals surface area contributed by atoms with E-state index in [4.69, 9.17) is 11.5 Å². The number of thiazole rings is 1. The van der Waals surface area contributed by atoms with Crippen LogP contribution in [0.5, 0.6) is 0 Å². The minimum Gasteiger partial charge on any atom is -0.368 e. The molecule has 0 aromatic carbocycles. The van der Waals surface area contributed by atoms with Gasteiger partial charge in [-0.3, -0.25) is 9.59 Å². The molecule has 20 heavy (non-hydrogen) atoms. The van der Waals surface area contributed by atoms with Crippen LogP contribution in [0.4, 0.5) is 5.95 Å². The molecule has 4 N–H and O–H groups in total. The number of nitrogen functional groups attached to an aromatic ring is 1. The fourth-order valence-corrected chi connectivity index (χ4v) is 2.28. The highest BCUT2D eigenvalue weighted by Gasteiger charge is 2.10. The zero-order valence-corrected chi connectivity index (χ0v) is 11.4. The van der Waals surface area contributed by atoms with Gasteiger partial charge in [0, 0.05) is 23.7 Å². The molecule has 104 valence electrons. The third-order valence-corrected chi connectivity index (χ3v) is 3.37. The number of hydrogen-bond acceptors (Lipinski definition) is 7. The van der Waals surface area contributed by atoms with Gasteiger partial charge in [-0.15, -0.1) is 11.3 Å². The zero-order valence-electron chi connectivity index (χ0n) is 10.6. The lowest BCUT2D eigenvalue weighted by atomic mass is 10.1. The number of aromatic nitrogens is 3. The summed E-state index contributed by atoms with van der Waals surface area (Å²) in [6.07, 6.45) is 3.07. The van der Waals surface area contributed by atoms with Crippen LogP contribution in [0.25, 0.3) is 0 Å². The van der Waals surface area contributed by atoms with Crippen molar-refractivity contribution in [3.05, 3.63) is 34.0 Å². The van der Waals surface area contributed by atoms with Crippen LogP contribution in [-0.4, -0.2) is 26.6 Å². The minimum atomic E-state index is -0.654. The summed E-state index contributed by atoms with van der Waals surface area (Å²) in [4.78, 5) is 34.5. The summed E-state index contributed by atoms with van der Waals surface area (Å²) in [7, 11) is 0. The number of nitrogens with two attached hydrogens (primary N) is 2. The maximum absolute atomic E-state index is 11.8. The van der Waals surface area contributed by atoms with E-state index in [9.17, 15) is 9.59 Å². The van der Waals surface area contributed by atoms with Crippen LogP contribution in [0.3, 0.4) is 0 Å². The fourth-order valence-electron chi connectivity index (χ4n) is 1.67. The van der Waals surface area contributed by atoms with Gasteiger partial charge in [0.25, 0.3) is 5.91 Å². The third kappa shape index (κ3) is 3.58. The fraction of sp³-hybridized carbons (Fsp3) is 0.250. The van der Waals surface area contributed by atoms with Gasteiger partial charge in [-0.25, -0.2) is 15.0 Å². The number of carbonyl (C=O) groups excluding carboxylic acids is 2. The highest BCUT2D eigenvalue weighted by atomic mass is 32.1. The monoisotopic (exact) mass is 291 g/mol. The summed E-state index contributed by atoms with van der Waals surface area (Å²) in [6, 6.07) is 1.49. The van der Waals surface area contributed by atoms with Crippen LogP contribution >= 0.6 is 11.3 Å². The van der Waals surface area contributed by atoms with Gasteiger partial charge in [0.2, 0.25) is 5.95 Å². The number of primary amides is 1. The molecular formula is C12H13N5O2S. The molecule has 0 fully saturated rings. The maximum atomic E-state index is 11.8. The number of rotatable bonds is 6. The lowest BCUT2D eigenvalue weighted by Crippen LogP contribution is -2.15. The Morgan fingerprint density at radius 1 is 1.30 bits per heavy atom. The van der Waals surface area contributed by atoms with Crippen LogP contribution in [0.15, 0.2) is 17.6 Å². The first-order valence-corrected chi connectivity index (χ1v) is 6.80. The molecule has 7 nitrogen and oxygen atoms in total. The van der Waals surface area contributed by atoms with E-state index in [2.05, 4.69) is 15.0 Å². The number of hydrogen-bond donors (Lipinski definition) is 2. The highest BCUT2D eigenvalue weighted by Crippen LogP contribution is 2.11. The normalized spacial score (nSPS) is 10.4. The summed E-state index contributed by atoms with van der Waals surface area (Å²) in [6.45, 7) is 0. The first kappa shape index (κ1) is 14.1. The molecule has 2 heterocycles. The molecule has 2 aromatic heterocycles. The lowest BCUT2D eigenvalue weighted by Gasteiger charge is -2.03. The molecule has 0 aliphatic heterocycles. The Bertz CT molecular complexity index is 627. The molecule has 1 amide bonds. The highest BCUT2D eigenvalue weighted by molar-refractivity contribution is 7.11. The van der Waals surface area contributed by atoms with E-state index < -0.39 is 5.91 Å². The van der Waals surface area contributed by atoms with Gasteiger partial charge in [0.15, 0.2) is 10.8 Å². The number of carbonyl (C=O) groups is 2. The van der Waals surface area contributed by atoms with Crippen LogP contribution in [0.2, 0.25) is 0 Å². The summed E-state index contributed by atoms with van der Waals surface area (Å²) < 4.78 is 0. The van der Waals surface area contributed by atoms with E-state index in [0.29, 0.717) is 30.0 Å². The van der Waals surface area contributed by atoms with Crippen LogP contribution < -0.4 is 11.5 Å². The van der Waals surface area contributed by atoms with Gasteiger partial charge < -0.3 is 11.5 Å². The van der Waals surface area contributed by atoms with Crippen molar-refractivity contribution >= 4 is 29.0 Å². The first-order valence-electron chi connectivity index (χ1n) is 5.92. The van der Waals surface area contributed by atoms with Gasteiger partial charge in [0.05, 0.1) is 0 Å². The van der Waals surface area contributed by atoms with E-state index in [1.807, 2.05) is 0 Å². The number of ketones is 1. The second-order valence-corrected chi connectivity index (χ2v) is 4.98. The Morgan fingerprint density at radius 3 is 2.75 bits per heavy atom. The SMILES string of the molecule is NC(=O)c1cc(CCCC(=O)c2nccs2)nc(N)n1. The Morgan fingerprint density at radius 2 is 2.10 bits per heavy atom. The molecule has 0 aliphatic carbocycles. The first-order chi connectivity index (χ1) is 9.56. The van der Waals surface area contributed by atoms with Gasteiger partial charge in [-0.1, -0.05) is 0 Å². The van der Waals surface area contributed by atoms with Crippen molar-refractivity contribution < 1.29 is 9.59 Å². The van der Waals surface area contributed by atoms with Crippen molar-refractivity contribution in [3.63, 3.8) is 0 Å². The molecular weight excluding hydrogens is 278 g/mol. The second kappa shape index (κ2) is 6.20. The molecule has 0 unspecified atom stereocenters. The Labute approximate surface area is 119 Å². The maximum Gasteiger partial charge on any atom is 0.267 e. The molecule has 0 atom stereocenters. The van der Waals surface area contributed by atoms with E-state index in [1.165, 1.54) is 17.4 Å². The Balaban J connectivity index is 1.94. The van der Waals surface area contributed by atoms with E-state index in [1.54, 1.807) is 11.6 Å². The quantitative estimate of drug-likeness (QED) is 0.759. The molecule has 0 saturated carbocycles. The molecule has 2 aromatic rings. The van der Waals surface area contributed by atoms with Gasteiger partial charge in [-0.05, 0) is 18.9 Å². The van der Waals surface area contributed by atoms with Crippen molar-refractivity contribution in [2.45, 2.75) is 19.3 Å².